The van der Waals surface area contributed by atoms with Gasteiger partial charge in [0.15, 0.2) is 0 Å². The summed E-state index contributed by atoms with van der Waals surface area (Å²) < 4.78 is 40.1. The van der Waals surface area contributed by atoms with E-state index in [9.17, 15) is 23.3 Å². The van der Waals surface area contributed by atoms with Crippen molar-refractivity contribution in [3.8, 4) is 0 Å². The largest absolute Gasteiger partial charge is 0.416 e. The number of halogens is 3. The molecule has 0 aliphatic carbocycles. The van der Waals surface area contributed by atoms with Crippen LogP contribution >= 0.6 is 0 Å². The van der Waals surface area contributed by atoms with Gasteiger partial charge in [-0.3, -0.25) is 10.1 Å². The van der Waals surface area contributed by atoms with Crippen LogP contribution < -0.4 is 0 Å². The fourth-order valence-corrected chi connectivity index (χ4v) is 3.09. The summed E-state index contributed by atoms with van der Waals surface area (Å²) in [6.07, 6.45) is -2.63. The number of rotatable bonds is 4. The Morgan fingerprint density at radius 1 is 1.12 bits per heavy atom. The van der Waals surface area contributed by atoms with Gasteiger partial charge in [-0.25, -0.2) is 0 Å². The molecule has 1 heterocycles. The topological polar surface area (TPSA) is 48.1 Å². The van der Waals surface area contributed by atoms with Crippen molar-refractivity contribution < 1.29 is 18.1 Å². The van der Waals surface area contributed by atoms with Gasteiger partial charge < -0.3 is 4.57 Å². The van der Waals surface area contributed by atoms with Crippen molar-refractivity contribution in [3.63, 3.8) is 0 Å². The van der Waals surface area contributed by atoms with E-state index in [1.807, 2.05) is 35.9 Å². The molecule has 0 radical (unpaired) electrons. The molecule has 0 N–H and O–H groups in total. The zero-order valence-corrected chi connectivity index (χ0v) is 13.3. The van der Waals surface area contributed by atoms with Crippen molar-refractivity contribution >= 4 is 10.9 Å². The van der Waals surface area contributed by atoms with Crippen LogP contribution in [0.4, 0.5) is 13.2 Å². The number of nitrogens with zero attached hydrogens (tertiary/aromatic N) is 2. The van der Waals surface area contributed by atoms with Crippen LogP contribution in [0.25, 0.3) is 10.9 Å². The van der Waals surface area contributed by atoms with Crippen LogP contribution in [0.2, 0.25) is 0 Å². The molecule has 0 amide bonds. The molecule has 130 valence electrons. The molecule has 0 bridgehead atoms. The molecular weight excluding hydrogens is 333 g/mol. The average molecular weight is 348 g/mol. The first-order valence-corrected chi connectivity index (χ1v) is 7.60. The van der Waals surface area contributed by atoms with E-state index in [2.05, 4.69) is 0 Å². The number of hydrogen-bond acceptors (Lipinski definition) is 2. The van der Waals surface area contributed by atoms with Crippen LogP contribution in [0.15, 0.2) is 54.7 Å². The monoisotopic (exact) mass is 348 g/mol. The van der Waals surface area contributed by atoms with Crippen LogP contribution in [0.1, 0.15) is 22.6 Å². The Hall–Kier alpha value is -2.83. The minimum atomic E-state index is -4.43. The summed E-state index contributed by atoms with van der Waals surface area (Å²) in [5.74, 6) is -0.622. The third-order valence-electron chi connectivity index (χ3n) is 4.28. The molecule has 0 aliphatic heterocycles. The van der Waals surface area contributed by atoms with Gasteiger partial charge in [-0.2, -0.15) is 13.2 Å². The summed E-state index contributed by atoms with van der Waals surface area (Å²) in [6.45, 7) is -0.390. The normalized spacial score (nSPS) is 13.1. The number of benzene rings is 2. The standard InChI is InChI=1S/C18H15F3N2O2/c1-22-10-16(14-4-2-3-5-17(14)22)15(11-23(24)25)12-6-8-13(9-7-12)18(19,20)21/h2-10,15H,11H2,1H3. The summed E-state index contributed by atoms with van der Waals surface area (Å²) in [5, 5.41) is 12.0. The van der Waals surface area contributed by atoms with Crippen LogP contribution in [0, 0.1) is 10.1 Å². The van der Waals surface area contributed by atoms with Gasteiger partial charge >= 0.3 is 6.18 Å². The summed E-state index contributed by atoms with van der Waals surface area (Å²) in [5.41, 5.74) is 1.36. The molecule has 7 heteroatoms. The fourth-order valence-electron chi connectivity index (χ4n) is 3.09. The molecule has 3 aromatic rings. The molecule has 0 saturated heterocycles. The maximum atomic E-state index is 12.8. The first-order chi connectivity index (χ1) is 11.8. The van der Waals surface area contributed by atoms with E-state index in [-0.39, 0.29) is 6.54 Å². The van der Waals surface area contributed by atoms with E-state index in [1.54, 1.807) is 6.20 Å². The first kappa shape index (κ1) is 17.0. The molecule has 1 unspecified atom stereocenters. The van der Waals surface area contributed by atoms with Crippen molar-refractivity contribution in [2.45, 2.75) is 12.1 Å². The van der Waals surface area contributed by atoms with Crippen molar-refractivity contribution in [2.75, 3.05) is 6.54 Å². The van der Waals surface area contributed by atoms with Crippen molar-refractivity contribution in [1.82, 2.24) is 4.57 Å². The molecule has 0 spiro atoms. The second-order valence-electron chi connectivity index (χ2n) is 5.90. The van der Waals surface area contributed by atoms with Crippen molar-refractivity contribution in [3.05, 3.63) is 81.5 Å². The molecule has 2 aromatic carbocycles. The zero-order valence-electron chi connectivity index (χ0n) is 13.3. The molecule has 25 heavy (non-hydrogen) atoms. The lowest BCUT2D eigenvalue weighted by molar-refractivity contribution is -0.481. The Bertz CT molecular complexity index is 914. The molecule has 1 aromatic heterocycles. The van der Waals surface area contributed by atoms with E-state index in [0.29, 0.717) is 5.56 Å². The van der Waals surface area contributed by atoms with E-state index in [1.165, 1.54) is 12.1 Å². The second kappa shape index (κ2) is 6.23. The van der Waals surface area contributed by atoms with Crippen molar-refractivity contribution in [2.24, 2.45) is 7.05 Å². The highest BCUT2D eigenvalue weighted by atomic mass is 19.4. The SMILES string of the molecule is Cn1cc(C(C[N+](=O)[O-])c2ccc(C(F)(F)F)cc2)c2ccccc21. The van der Waals surface area contributed by atoms with Gasteiger partial charge in [-0.15, -0.1) is 0 Å². The minimum Gasteiger partial charge on any atom is -0.350 e. The highest BCUT2D eigenvalue weighted by Gasteiger charge is 2.31. The molecule has 0 saturated carbocycles. The molecule has 4 nitrogen and oxygen atoms in total. The quantitative estimate of drug-likeness (QED) is 0.511. The van der Waals surface area contributed by atoms with E-state index in [4.69, 9.17) is 0 Å². The molecule has 0 aliphatic rings. The third-order valence-corrected chi connectivity index (χ3v) is 4.28. The van der Waals surface area contributed by atoms with Crippen LogP contribution in [0.3, 0.4) is 0 Å². The van der Waals surface area contributed by atoms with E-state index >= 15 is 0 Å². The van der Waals surface area contributed by atoms with Crippen molar-refractivity contribution in [1.29, 1.82) is 0 Å². The lowest BCUT2D eigenvalue weighted by Crippen LogP contribution is -2.14. The Kier molecular flexibility index (Phi) is 4.24. The number of para-hydroxylation sites is 1. The van der Waals surface area contributed by atoms with Crippen LogP contribution in [-0.4, -0.2) is 16.0 Å². The van der Waals surface area contributed by atoms with Gasteiger partial charge in [-0.1, -0.05) is 30.3 Å². The summed E-state index contributed by atoms with van der Waals surface area (Å²) >= 11 is 0. The van der Waals surface area contributed by atoms with Gasteiger partial charge in [0, 0.05) is 29.1 Å². The van der Waals surface area contributed by atoms with Gasteiger partial charge in [0.2, 0.25) is 6.54 Å². The summed E-state index contributed by atoms with van der Waals surface area (Å²) in [6, 6.07) is 12.0. The Morgan fingerprint density at radius 3 is 2.36 bits per heavy atom. The molecule has 1 atom stereocenters. The first-order valence-electron chi connectivity index (χ1n) is 7.60. The Morgan fingerprint density at radius 2 is 1.76 bits per heavy atom. The van der Waals surface area contributed by atoms with Gasteiger partial charge in [-0.05, 0) is 29.3 Å². The smallest absolute Gasteiger partial charge is 0.350 e. The molecule has 0 fully saturated rings. The highest BCUT2D eigenvalue weighted by molar-refractivity contribution is 5.85. The number of hydrogen-bond donors (Lipinski definition) is 0. The highest BCUT2D eigenvalue weighted by Crippen LogP contribution is 2.34. The van der Waals surface area contributed by atoms with Gasteiger partial charge in [0.1, 0.15) is 0 Å². The number of aryl methyl sites for hydroxylation is 1. The Balaban J connectivity index is 2.10. The average Bonchev–Trinajstić information content (AvgIpc) is 2.89. The minimum absolute atomic E-state index is 0.390. The summed E-state index contributed by atoms with van der Waals surface area (Å²) in [4.78, 5) is 10.7. The number of nitro groups is 1. The van der Waals surface area contributed by atoms with E-state index in [0.717, 1.165) is 28.6 Å². The summed E-state index contributed by atoms with van der Waals surface area (Å²) in [7, 11) is 1.84. The number of alkyl halides is 3. The molecular formula is C18H15F3N2O2. The lowest BCUT2D eigenvalue weighted by atomic mass is 9.90. The van der Waals surface area contributed by atoms with Crippen LogP contribution in [-0.2, 0) is 13.2 Å². The van der Waals surface area contributed by atoms with Gasteiger partial charge in [0.05, 0.1) is 11.5 Å². The second-order valence-corrected chi connectivity index (χ2v) is 5.90. The zero-order chi connectivity index (χ0) is 18.2. The van der Waals surface area contributed by atoms with Crippen LogP contribution in [0.5, 0.6) is 0 Å². The predicted molar refractivity (Wildman–Crippen MR) is 88.1 cm³/mol. The maximum Gasteiger partial charge on any atom is 0.416 e. The number of aromatic nitrogens is 1. The van der Waals surface area contributed by atoms with E-state index < -0.39 is 22.6 Å². The Labute approximate surface area is 141 Å². The lowest BCUT2D eigenvalue weighted by Gasteiger charge is -2.14. The number of fused-ring (bicyclic) bond motifs is 1. The molecule has 3 rings (SSSR count). The fraction of sp³-hybridized carbons (Fsp3) is 0.222. The maximum absolute atomic E-state index is 12.8. The van der Waals surface area contributed by atoms with Gasteiger partial charge in [0.25, 0.3) is 0 Å². The predicted octanol–water partition coefficient (Wildman–Crippen LogP) is 4.61. The third kappa shape index (κ3) is 3.35.